The van der Waals surface area contributed by atoms with Crippen LogP contribution in [0.3, 0.4) is 0 Å². The van der Waals surface area contributed by atoms with Crippen molar-refractivity contribution in [2.24, 2.45) is 0 Å². The molecule has 6 nitrogen and oxygen atoms in total. The first kappa shape index (κ1) is 21.3. The van der Waals surface area contributed by atoms with Gasteiger partial charge in [0.1, 0.15) is 11.5 Å². The summed E-state index contributed by atoms with van der Waals surface area (Å²) in [6.45, 7) is 10.7. The molecule has 2 heterocycles. The third kappa shape index (κ3) is 4.31. The summed E-state index contributed by atoms with van der Waals surface area (Å²) >= 11 is 0. The number of carbonyl (C=O) groups is 1. The van der Waals surface area contributed by atoms with E-state index in [4.69, 9.17) is 4.42 Å². The van der Waals surface area contributed by atoms with Gasteiger partial charge in [0, 0.05) is 32.3 Å². The molecule has 156 valence electrons. The molecule has 0 atom stereocenters. The minimum Gasteiger partial charge on any atom is -0.462 e. The molecular formula is C22H28N2O4S. The smallest absolute Gasteiger partial charge is 0.246 e. The van der Waals surface area contributed by atoms with E-state index in [0.717, 1.165) is 28.0 Å². The molecule has 0 bridgehead atoms. The highest BCUT2D eigenvalue weighted by atomic mass is 32.2. The minimum absolute atomic E-state index is 0.144. The number of aryl methyl sites for hydroxylation is 3. The summed E-state index contributed by atoms with van der Waals surface area (Å²) in [6, 6.07) is 5.66. The normalized spacial score (nSPS) is 16.0. The minimum atomic E-state index is -3.61. The van der Waals surface area contributed by atoms with Crippen LogP contribution in [0.15, 0.2) is 33.6 Å². The van der Waals surface area contributed by atoms with Gasteiger partial charge in [0.15, 0.2) is 0 Å². The van der Waals surface area contributed by atoms with E-state index in [2.05, 4.69) is 0 Å². The van der Waals surface area contributed by atoms with Crippen molar-refractivity contribution in [3.8, 4) is 0 Å². The van der Waals surface area contributed by atoms with Crippen LogP contribution in [0, 0.1) is 34.6 Å². The van der Waals surface area contributed by atoms with Crippen LogP contribution < -0.4 is 0 Å². The first-order chi connectivity index (χ1) is 13.6. The zero-order valence-electron chi connectivity index (χ0n) is 17.7. The Morgan fingerprint density at radius 2 is 1.55 bits per heavy atom. The average molecular weight is 417 g/mol. The van der Waals surface area contributed by atoms with E-state index in [0.29, 0.717) is 23.7 Å². The number of sulfonamides is 1. The van der Waals surface area contributed by atoms with Gasteiger partial charge in [-0.3, -0.25) is 4.79 Å². The lowest BCUT2D eigenvalue weighted by molar-refractivity contribution is -0.127. The van der Waals surface area contributed by atoms with Crippen LogP contribution in [0.25, 0.3) is 6.08 Å². The van der Waals surface area contributed by atoms with E-state index < -0.39 is 10.0 Å². The summed E-state index contributed by atoms with van der Waals surface area (Å²) in [5.41, 5.74) is 3.53. The predicted molar refractivity (Wildman–Crippen MR) is 113 cm³/mol. The molecule has 0 spiro atoms. The summed E-state index contributed by atoms with van der Waals surface area (Å²) in [5.74, 6) is 1.26. The molecule has 1 amide bonds. The van der Waals surface area contributed by atoms with Crippen LogP contribution in [-0.2, 0) is 14.8 Å². The molecule has 0 saturated carbocycles. The van der Waals surface area contributed by atoms with E-state index in [1.807, 2.05) is 46.8 Å². The standard InChI is InChI=1S/C22H28N2O4S/c1-15-14-16(2)19(5)22(18(15)4)29(26,27)24-12-10-23(11-13-24)21(25)9-8-20-7-6-17(3)28-20/h6-9,14H,10-13H2,1-5H3/b9-8+. The summed E-state index contributed by atoms with van der Waals surface area (Å²) in [7, 11) is -3.61. The van der Waals surface area contributed by atoms with E-state index in [1.54, 1.807) is 17.0 Å². The van der Waals surface area contributed by atoms with Crippen LogP contribution in [0.5, 0.6) is 0 Å². The summed E-state index contributed by atoms with van der Waals surface area (Å²) in [6.07, 6.45) is 3.11. The van der Waals surface area contributed by atoms with Gasteiger partial charge in [-0.1, -0.05) is 6.07 Å². The summed E-state index contributed by atoms with van der Waals surface area (Å²) in [5, 5.41) is 0. The molecule has 7 heteroatoms. The first-order valence-electron chi connectivity index (χ1n) is 9.72. The van der Waals surface area contributed by atoms with Crippen molar-refractivity contribution < 1.29 is 17.6 Å². The SMILES string of the molecule is Cc1ccc(/C=C/C(=O)N2CCN(S(=O)(=O)c3c(C)c(C)cc(C)c3C)CC2)o1. The number of carbonyl (C=O) groups excluding carboxylic acids is 1. The monoisotopic (exact) mass is 416 g/mol. The maximum atomic E-state index is 13.3. The van der Waals surface area contributed by atoms with Gasteiger partial charge in [-0.2, -0.15) is 4.31 Å². The molecule has 1 aliphatic rings. The number of amides is 1. The topological polar surface area (TPSA) is 70.8 Å². The number of hydrogen-bond acceptors (Lipinski definition) is 4. The predicted octanol–water partition coefficient (Wildman–Crippen LogP) is 3.37. The first-order valence-corrected chi connectivity index (χ1v) is 11.2. The van der Waals surface area contributed by atoms with Gasteiger partial charge in [0.2, 0.25) is 15.9 Å². The quantitative estimate of drug-likeness (QED) is 0.717. The molecule has 0 radical (unpaired) electrons. The second-order valence-electron chi connectivity index (χ2n) is 7.60. The highest BCUT2D eigenvalue weighted by Gasteiger charge is 2.32. The van der Waals surface area contributed by atoms with E-state index in [1.165, 1.54) is 10.4 Å². The fourth-order valence-electron chi connectivity index (χ4n) is 3.65. The number of piperazine rings is 1. The van der Waals surface area contributed by atoms with Gasteiger partial charge in [0.25, 0.3) is 0 Å². The Bertz CT molecular complexity index is 1030. The summed E-state index contributed by atoms with van der Waals surface area (Å²) < 4.78 is 33.6. The zero-order valence-corrected chi connectivity index (χ0v) is 18.5. The van der Waals surface area contributed by atoms with Gasteiger partial charge in [-0.05, 0) is 75.1 Å². The van der Waals surface area contributed by atoms with Gasteiger partial charge in [-0.25, -0.2) is 8.42 Å². The van der Waals surface area contributed by atoms with Gasteiger partial charge >= 0.3 is 0 Å². The zero-order chi connectivity index (χ0) is 21.3. The molecule has 1 aromatic heterocycles. The number of benzene rings is 1. The number of hydrogen-bond donors (Lipinski definition) is 0. The molecule has 1 aromatic carbocycles. The van der Waals surface area contributed by atoms with Crippen molar-refractivity contribution in [2.45, 2.75) is 39.5 Å². The average Bonchev–Trinajstić information content (AvgIpc) is 3.10. The number of nitrogens with zero attached hydrogens (tertiary/aromatic N) is 2. The number of rotatable bonds is 4. The maximum absolute atomic E-state index is 13.3. The van der Waals surface area contributed by atoms with Crippen LogP contribution in [0.1, 0.15) is 33.8 Å². The molecule has 0 aliphatic carbocycles. The van der Waals surface area contributed by atoms with Crippen LogP contribution in [0.4, 0.5) is 0 Å². The van der Waals surface area contributed by atoms with Crippen molar-refractivity contribution in [1.29, 1.82) is 0 Å². The Labute approximate surface area is 172 Å². The largest absolute Gasteiger partial charge is 0.462 e. The third-order valence-corrected chi connectivity index (χ3v) is 7.77. The van der Waals surface area contributed by atoms with Crippen molar-refractivity contribution >= 4 is 22.0 Å². The van der Waals surface area contributed by atoms with Crippen molar-refractivity contribution in [3.05, 3.63) is 58.0 Å². The van der Waals surface area contributed by atoms with Crippen molar-refractivity contribution in [3.63, 3.8) is 0 Å². The molecular weight excluding hydrogens is 388 g/mol. The Morgan fingerprint density at radius 3 is 2.07 bits per heavy atom. The second-order valence-corrected chi connectivity index (χ2v) is 9.48. The fraction of sp³-hybridized carbons (Fsp3) is 0.409. The molecule has 1 aliphatic heterocycles. The Morgan fingerprint density at radius 1 is 0.966 bits per heavy atom. The van der Waals surface area contributed by atoms with Gasteiger partial charge in [-0.15, -0.1) is 0 Å². The lowest BCUT2D eigenvalue weighted by Gasteiger charge is -2.34. The van der Waals surface area contributed by atoms with E-state index >= 15 is 0 Å². The third-order valence-electron chi connectivity index (χ3n) is 5.60. The molecule has 0 unspecified atom stereocenters. The van der Waals surface area contributed by atoms with E-state index in [9.17, 15) is 13.2 Å². The maximum Gasteiger partial charge on any atom is 0.246 e. The Hall–Kier alpha value is -2.38. The molecule has 29 heavy (non-hydrogen) atoms. The van der Waals surface area contributed by atoms with Crippen molar-refractivity contribution in [1.82, 2.24) is 9.21 Å². The highest BCUT2D eigenvalue weighted by Crippen LogP contribution is 2.29. The lowest BCUT2D eigenvalue weighted by Crippen LogP contribution is -2.50. The van der Waals surface area contributed by atoms with Gasteiger partial charge in [0.05, 0.1) is 4.90 Å². The molecule has 1 saturated heterocycles. The Balaban J connectivity index is 1.72. The van der Waals surface area contributed by atoms with E-state index in [-0.39, 0.29) is 19.0 Å². The van der Waals surface area contributed by atoms with Crippen LogP contribution in [-0.4, -0.2) is 49.7 Å². The summed E-state index contributed by atoms with van der Waals surface area (Å²) in [4.78, 5) is 14.5. The van der Waals surface area contributed by atoms with Crippen LogP contribution >= 0.6 is 0 Å². The fourth-order valence-corrected chi connectivity index (χ4v) is 5.65. The Kier molecular flexibility index (Phi) is 6.00. The molecule has 2 aromatic rings. The highest BCUT2D eigenvalue weighted by molar-refractivity contribution is 7.89. The molecule has 3 rings (SSSR count). The lowest BCUT2D eigenvalue weighted by atomic mass is 10.0. The van der Waals surface area contributed by atoms with Crippen LogP contribution in [0.2, 0.25) is 0 Å². The van der Waals surface area contributed by atoms with Crippen molar-refractivity contribution in [2.75, 3.05) is 26.2 Å². The molecule has 1 fully saturated rings. The van der Waals surface area contributed by atoms with Gasteiger partial charge < -0.3 is 9.32 Å². The second kappa shape index (κ2) is 8.16. The molecule has 0 N–H and O–H groups in total. The number of furan rings is 1.